The first-order valence-corrected chi connectivity index (χ1v) is 12.3. The minimum absolute atomic E-state index is 0.0313. The molecule has 1 fully saturated rings. The summed E-state index contributed by atoms with van der Waals surface area (Å²) in [7, 11) is -1.62. The van der Waals surface area contributed by atoms with E-state index in [2.05, 4.69) is 4.74 Å². The third-order valence-electron chi connectivity index (χ3n) is 6.32. The van der Waals surface area contributed by atoms with Gasteiger partial charge in [0.2, 0.25) is 5.91 Å². The maximum Gasteiger partial charge on any atom is 0.337 e. The fourth-order valence-electron chi connectivity index (χ4n) is 4.16. The van der Waals surface area contributed by atoms with E-state index in [0.29, 0.717) is 24.0 Å². The average Bonchev–Trinajstić information content (AvgIpc) is 3.56. The van der Waals surface area contributed by atoms with Crippen LogP contribution >= 0.6 is 0 Å². The number of esters is 1. The number of hydrogen-bond donors (Lipinski definition) is 0. The standard InChI is InChI=1S/C24H25N3O7S/c1-15(28)27(24(2)11-12-24)35(32,33)18-9-10-20-19(13-18)21(29)25(3)23(31)26(20)14-16-5-7-17(8-6-16)22(30)34-4/h5-10,13H,11-12,14H2,1-4H3. The van der Waals surface area contributed by atoms with Crippen LogP contribution in [0.15, 0.2) is 56.9 Å². The van der Waals surface area contributed by atoms with Gasteiger partial charge in [0.1, 0.15) is 0 Å². The molecule has 10 nitrogen and oxygen atoms in total. The number of methoxy groups -OCH3 is 1. The Hall–Kier alpha value is -3.73. The number of aromatic nitrogens is 2. The van der Waals surface area contributed by atoms with Gasteiger partial charge in [-0.2, -0.15) is 0 Å². The molecule has 0 aliphatic heterocycles. The number of sulfonamides is 1. The third kappa shape index (κ3) is 4.16. The van der Waals surface area contributed by atoms with Crippen LogP contribution in [0.1, 0.15) is 42.6 Å². The van der Waals surface area contributed by atoms with E-state index in [-0.39, 0.29) is 22.3 Å². The molecular weight excluding hydrogens is 474 g/mol. The highest BCUT2D eigenvalue weighted by Gasteiger charge is 2.50. The largest absolute Gasteiger partial charge is 0.465 e. The molecule has 0 radical (unpaired) electrons. The molecule has 3 aromatic rings. The summed E-state index contributed by atoms with van der Waals surface area (Å²) < 4.78 is 34.5. The van der Waals surface area contributed by atoms with Crippen LogP contribution in [-0.2, 0) is 33.1 Å². The third-order valence-corrected chi connectivity index (χ3v) is 8.34. The van der Waals surface area contributed by atoms with E-state index in [0.717, 1.165) is 8.87 Å². The molecule has 0 bridgehead atoms. The first kappa shape index (κ1) is 24.4. The van der Waals surface area contributed by atoms with Gasteiger partial charge in [0.05, 0.1) is 40.6 Å². The van der Waals surface area contributed by atoms with Crippen molar-refractivity contribution in [1.29, 1.82) is 0 Å². The Morgan fingerprint density at radius 3 is 2.26 bits per heavy atom. The van der Waals surface area contributed by atoms with Gasteiger partial charge >= 0.3 is 11.7 Å². The Morgan fingerprint density at radius 1 is 1.09 bits per heavy atom. The maximum atomic E-state index is 13.3. The molecule has 184 valence electrons. The fraction of sp³-hybridized carbons (Fsp3) is 0.333. The molecule has 0 unspecified atom stereocenters. The van der Waals surface area contributed by atoms with E-state index >= 15 is 0 Å². The number of hydrogen-bond acceptors (Lipinski definition) is 7. The smallest absolute Gasteiger partial charge is 0.337 e. The number of benzene rings is 2. The molecule has 0 atom stereocenters. The lowest BCUT2D eigenvalue weighted by Crippen LogP contribution is -2.43. The van der Waals surface area contributed by atoms with Crippen molar-refractivity contribution < 1.29 is 22.7 Å². The number of carbonyl (C=O) groups is 2. The molecule has 1 amide bonds. The minimum Gasteiger partial charge on any atom is -0.465 e. The maximum absolute atomic E-state index is 13.3. The molecule has 35 heavy (non-hydrogen) atoms. The van der Waals surface area contributed by atoms with Gasteiger partial charge in [-0.05, 0) is 55.7 Å². The van der Waals surface area contributed by atoms with Crippen LogP contribution < -0.4 is 11.2 Å². The quantitative estimate of drug-likeness (QED) is 0.472. The summed E-state index contributed by atoms with van der Waals surface area (Å²) in [6.07, 6.45) is 1.13. The summed E-state index contributed by atoms with van der Waals surface area (Å²) in [6, 6.07) is 10.4. The van der Waals surface area contributed by atoms with Crippen LogP contribution in [0, 0.1) is 0 Å². The lowest BCUT2D eigenvalue weighted by atomic mass is 10.1. The minimum atomic E-state index is -4.21. The van der Waals surface area contributed by atoms with Crippen molar-refractivity contribution in [3.63, 3.8) is 0 Å². The number of carbonyl (C=O) groups excluding carboxylic acids is 2. The average molecular weight is 500 g/mol. The zero-order chi connectivity index (χ0) is 25.7. The van der Waals surface area contributed by atoms with Crippen LogP contribution in [0.5, 0.6) is 0 Å². The summed E-state index contributed by atoms with van der Waals surface area (Å²) in [5, 5.41) is 0.0313. The van der Waals surface area contributed by atoms with Gasteiger partial charge in [-0.15, -0.1) is 0 Å². The van der Waals surface area contributed by atoms with E-state index in [1.807, 2.05) is 0 Å². The summed E-state index contributed by atoms with van der Waals surface area (Å²) in [4.78, 5) is 49.6. The molecule has 1 aliphatic carbocycles. The van der Waals surface area contributed by atoms with Crippen molar-refractivity contribution in [3.8, 4) is 0 Å². The molecular formula is C24H25N3O7S. The van der Waals surface area contributed by atoms with Crippen molar-refractivity contribution >= 4 is 32.8 Å². The lowest BCUT2D eigenvalue weighted by molar-refractivity contribution is -0.125. The molecule has 4 rings (SSSR count). The van der Waals surface area contributed by atoms with Gasteiger partial charge in [0, 0.05) is 14.0 Å². The predicted octanol–water partition coefficient (Wildman–Crippen LogP) is 1.62. The molecule has 1 aliphatic rings. The molecule has 0 spiro atoms. The molecule has 0 N–H and O–H groups in total. The van der Waals surface area contributed by atoms with Gasteiger partial charge in [0.15, 0.2) is 0 Å². The number of nitrogens with zero attached hydrogens (tertiary/aromatic N) is 3. The molecule has 1 saturated carbocycles. The van der Waals surface area contributed by atoms with Gasteiger partial charge in [-0.25, -0.2) is 22.3 Å². The first-order valence-electron chi connectivity index (χ1n) is 10.9. The lowest BCUT2D eigenvalue weighted by Gasteiger charge is -2.27. The van der Waals surface area contributed by atoms with Gasteiger partial charge < -0.3 is 4.74 Å². The molecule has 0 saturated heterocycles. The first-order chi connectivity index (χ1) is 16.4. The van der Waals surface area contributed by atoms with Gasteiger partial charge in [0.25, 0.3) is 15.6 Å². The van der Waals surface area contributed by atoms with Crippen LogP contribution in [0.4, 0.5) is 0 Å². The molecule has 1 aromatic heterocycles. The predicted molar refractivity (Wildman–Crippen MR) is 128 cm³/mol. The highest BCUT2D eigenvalue weighted by atomic mass is 32.2. The van der Waals surface area contributed by atoms with Crippen molar-refractivity contribution in [2.45, 2.75) is 43.7 Å². The normalized spacial score (nSPS) is 14.5. The summed E-state index contributed by atoms with van der Waals surface area (Å²) in [6.45, 7) is 2.98. The van der Waals surface area contributed by atoms with Crippen LogP contribution in [0.3, 0.4) is 0 Å². The number of ether oxygens (including phenoxy) is 1. The summed E-state index contributed by atoms with van der Waals surface area (Å²) in [5.74, 6) is -1.09. The Morgan fingerprint density at radius 2 is 1.71 bits per heavy atom. The van der Waals surface area contributed by atoms with Crippen LogP contribution in [0.25, 0.3) is 10.9 Å². The van der Waals surface area contributed by atoms with Crippen molar-refractivity contribution in [3.05, 3.63) is 74.4 Å². The number of amides is 1. The SMILES string of the molecule is COC(=O)c1ccc(Cn2c(=O)n(C)c(=O)c3cc(S(=O)(=O)N(C(C)=O)C4(C)CC4)ccc32)cc1. The van der Waals surface area contributed by atoms with E-state index in [1.54, 1.807) is 31.2 Å². The number of fused-ring (bicyclic) bond motifs is 1. The number of rotatable bonds is 6. The monoisotopic (exact) mass is 499 g/mol. The molecule has 11 heteroatoms. The molecule has 2 aromatic carbocycles. The van der Waals surface area contributed by atoms with E-state index in [9.17, 15) is 27.6 Å². The van der Waals surface area contributed by atoms with Crippen molar-refractivity contribution in [1.82, 2.24) is 13.4 Å². The van der Waals surface area contributed by atoms with Gasteiger partial charge in [-0.1, -0.05) is 12.1 Å². The topological polar surface area (TPSA) is 125 Å². The second-order valence-corrected chi connectivity index (χ2v) is 10.7. The highest BCUT2D eigenvalue weighted by Crippen LogP contribution is 2.44. The van der Waals surface area contributed by atoms with Gasteiger partial charge in [-0.3, -0.25) is 18.7 Å². The van der Waals surface area contributed by atoms with Crippen LogP contribution in [-0.4, -0.2) is 46.4 Å². The summed E-state index contributed by atoms with van der Waals surface area (Å²) in [5.41, 5.74) is -0.720. The second kappa shape index (κ2) is 8.49. The van der Waals surface area contributed by atoms with E-state index in [1.165, 1.54) is 43.8 Å². The Balaban J connectivity index is 1.83. The Bertz CT molecular complexity index is 1580. The summed E-state index contributed by atoms with van der Waals surface area (Å²) >= 11 is 0. The Labute approximate surface area is 201 Å². The Kier molecular flexibility index (Phi) is 5.92. The van der Waals surface area contributed by atoms with Crippen molar-refractivity contribution in [2.24, 2.45) is 7.05 Å². The van der Waals surface area contributed by atoms with E-state index < -0.39 is 38.7 Å². The zero-order valence-electron chi connectivity index (χ0n) is 19.8. The highest BCUT2D eigenvalue weighted by molar-refractivity contribution is 7.89. The van der Waals surface area contributed by atoms with Crippen molar-refractivity contribution in [2.75, 3.05) is 7.11 Å². The molecule has 1 heterocycles. The zero-order valence-corrected chi connectivity index (χ0v) is 20.6. The second-order valence-electron chi connectivity index (χ2n) is 8.89. The fourth-order valence-corrected chi connectivity index (χ4v) is 5.98. The van der Waals surface area contributed by atoms with Crippen LogP contribution in [0.2, 0.25) is 0 Å². The van der Waals surface area contributed by atoms with E-state index in [4.69, 9.17) is 0 Å².